The van der Waals surface area contributed by atoms with Gasteiger partial charge in [-0.1, -0.05) is 0 Å². The van der Waals surface area contributed by atoms with E-state index in [2.05, 4.69) is 20.7 Å². The molecule has 1 N–H and O–H groups in total. The van der Waals surface area contributed by atoms with Crippen molar-refractivity contribution >= 4 is 21.9 Å². The maximum absolute atomic E-state index is 12.0. The van der Waals surface area contributed by atoms with Gasteiger partial charge in [0.1, 0.15) is 17.1 Å². The zero-order chi connectivity index (χ0) is 13.2. The molecule has 0 saturated heterocycles. The summed E-state index contributed by atoms with van der Waals surface area (Å²) in [5.74, 6) is -2.13. The molecule has 0 bridgehead atoms. The highest BCUT2D eigenvalue weighted by Crippen LogP contribution is 2.35. The number of hydrogen-bond donors (Lipinski definition) is 1. The third-order valence-corrected chi connectivity index (χ3v) is 2.33. The Morgan fingerprint density at radius 3 is 2.35 bits per heavy atom. The smallest absolute Gasteiger partial charge is 0.496 e. The highest BCUT2D eigenvalue weighted by molar-refractivity contribution is 9.10. The third-order valence-electron chi connectivity index (χ3n) is 1.71. The molecule has 0 saturated carbocycles. The first kappa shape index (κ1) is 13.6. The highest BCUT2D eigenvalue weighted by Gasteiger charge is 2.32. The molecule has 0 amide bonds. The van der Waals surface area contributed by atoms with Crippen LogP contribution in [0.15, 0.2) is 16.6 Å². The quantitative estimate of drug-likeness (QED) is 0.931. The Morgan fingerprint density at radius 1 is 1.35 bits per heavy atom. The Labute approximate surface area is 102 Å². The Morgan fingerprint density at radius 2 is 1.94 bits per heavy atom. The van der Waals surface area contributed by atoms with Gasteiger partial charge in [0, 0.05) is 0 Å². The Hall–Kier alpha value is -1.44. The fraction of sp³-hybridized carbons (Fsp3) is 0.222. The molecule has 0 fully saturated rings. The standard InChI is InChI=1S/C9H6BrF3O4/c1-16-6-3-5(10)7(17-9(11,12)13)2-4(6)8(14)15/h2-3H,1H3,(H,14,15). The summed E-state index contributed by atoms with van der Waals surface area (Å²) < 4.78 is 44.4. The molecule has 4 nitrogen and oxygen atoms in total. The van der Waals surface area contributed by atoms with Gasteiger partial charge in [-0.2, -0.15) is 0 Å². The number of alkyl halides is 3. The van der Waals surface area contributed by atoms with Gasteiger partial charge in [-0.05, 0) is 28.1 Å². The minimum atomic E-state index is -4.90. The van der Waals surface area contributed by atoms with Gasteiger partial charge >= 0.3 is 12.3 Å². The van der Waals surface area contributed by atoms with Crippen LogP contribution in [0.1, 0.15) is 10.4 Å². The molecule has 1 rings (SSSR count). The highest BCUT2D eigenvalue weighted by atomic mass is 79.9. The Kier molecular flexibility index (Phi) is 3.87. The maximum Gasteiger partial charge on any atom is 0.573 e. The number of methoxy groups -OCH3 is 1. The van der Waals surface area contributed by atoms with Gasteiger partial charge in [-0.3, -0.25) is 0 Å². The Bertz CT molecular complexity index is 445. The lowest BCUT2D eigenvalue weighted by atomic mass is 10.2. The summed E-state index contributed by atoms with van der Waals surface area (Å²) in [4.78, 5) is 10.8. The van der Waals surface area contributed by atoms with Crippen LogP contribution >= 0.6 is 15.9 Å². The first-order valence-corrected chi connectivity index (χ1v) is 4.90. The predicted octanol–water partition coefficient (Wildman–Crippen LogP) is 3.05. The van der Waals surface area contributed by atoms with E-state index < -0.39 is 23.6 Å². The molecule has 0 aliphatic carbocycles. The van der Waals surface area contributed by atoms with Crippen LogP contribution in [0.2, 0.25) is 0 Å². The molecule has 0 aliphatic heterocycles. The molecule has 0 unspecified atom stereocenters. The number of carboxylic acids is 1. The van der Waals surface area contributed by atoms with Gasteiger partial charge < -0.3 is 14.6 Å². The topological polar surface area (TPSA) is 55.8 Å². The van der Waals surface area contributed by atoms with Gasteiger partial charge in [0.05, 0.1) is 11.6 Å². The van der Waals surface area contributed by atoms with Crippen molar-refractivity contribution in [2.24, 2.45) is 0 Å². The van der Waals surface area contributed by atoms with E-state index in [9.17, 15) is 18.0 Å². The lowest BCUT2D eigenvalue weighted by molar-refractivity contribution is -0.274. The van der Waals surface area contributed by atoms with Crippen molar-refractivity contribution in [1.29, 1.82) is 0 Å². The summed E-state index contributed by atoms with van der Waals surface area (Å²) in [6, 6.07) is 1.82. The predicted molar refractivity (Wildman–Crippen MR) is 54.3 cm³/mol. The van der Waals surface area contributed by atoms with E-state index in [0.29, 0.717) is 0 Å². The molecule has 94 valence electrons. The van der Waals surface area contributed by atoms with Gasteiger partial charge in [-0.15, -0.1) is 13.2 Å². The van der Waals surface area contributed by atoms with E-state index in [1.54, 1.807) is 0 Å². The molecule has 0 radical (unpaired) electrons. The SMILES string of the molecule is COc1cc(Br)c(OC(F)(F)F)cc1C(=O)O. The zero-order valence-electron chi connectivity index (χ0n) is 8.34. The lowest BCUT2D eigenvalue weighted by Crippen LogP contribution is -2.18. The molecule has 0 aliphatic rings. The van der Waals surface area contributed by atoms with Gasteiger partial charge in [0.25, 0.3) is 0 Å². The van der Waals surface area contributed by atoms with E-state index in [1.807, 2.05) is 0 Å². The number of hydrogen-bond acceptors (Lipinski definition) is 3. The minimum absolute atomic E-state index is 0.0586. The lowest BCUT2D eigenvalue weighted by Gasteiger charge is -2.13. The second-order valence-corrected chi connectivity index (χ2v) is 3.69. The fourth-order valence-corrected chi connectivity index (χ4v) is 1.48. The number of rotatable bonds is 3. The zero-order valence-corrected chi connectivity index (χ0v) is 9.92. The van der Waals surface area contributed by atoms with E-state index >= 15 is 0 Å². The number of carboxylic acid groups (broad SMARTS) is 1. The average Bonchev–Trinajstić information content (AvgIpc) is 2.18. The van der Waals surface area contributed by atoms with Crippen LogP contribution in [-0.4, -0.2) is 24.5 Å². The average molecular weight is 315 g/mol. The van der Waals surface area contributed by atoms with Gasteiger partial charge in [-0.25, -0.2) is 4.79 Å². The van der Waals surface area contributed by atoms with Crippen LogP contribution in [0.25, 0.3) is 0 Å². The third kappa shape index (κ3) is 3.52. The monoisotopic (exact) mass is 314 g/mol. The van der Waals surface area contributed by atoms with E-state index in [0.717, 1.165) is 12.1 Å². The van der Waals surface area contributed by atoms with Crippen LogP contribution in [0, 0.1) is 0 Å². The number of halogens is 4. The van der Waals surface area contributed by atoms with Crippen molar-refractivity contribution in [2.45, 2.75) is 6.36 Å². The van der Waals surface area contributed by atoms with E-state index in [1.165, 1.54) is 7.11 Å². The fourth-order valence-electron chi connectivity index (χ4n) is 1.07. The maximum atomic E-state index is 12.0. The van der Waals surface area contributed by atoms with Crippen molar-refractivity contribution in [3.8, 4) is 11.5 Å². The molecule has 1 aromatic rings. The molecule has 0 aromatic heterocycles. The molecule has 0 spiro atoms. The van der Waals surface area contributed by atoms with Crippen LogP contribution in [-0.2, 0) is 0 Å². The van der Waals surface area contributed by atoms with Crippen molar-refractivity contribution < 1.29 is 32.5 Å². The summed E-state index contributed by atoms with van der Waals surface area (Å²) in [6.07, 6.45) is -4.90. The van der Waals surface area contributed by atoms with Crippen LogP contribution in [0.3, 0.4) is 0 Å². The first-order chi connectivity index (χ1) is 7.74. The van der Waals surface area contributed by atoms with Crippen molar-refractivity contribution in [2.75, 3.05) is 7.11 Å². The van der Waals surface area contributed by atoms with Crippen LogP contribution in [0.4, 0.5) is 13.2 Å². The summed E-state index contributed by atoms with van der Waals surface area (Å²) in [6.45, 7) is 0. The first-order valence-electron chi connectivity index (χ1n) is 4.11. The minimum Gasteiger partial charge on any atom is -0.496 e. The molecule has 0 heterocycles. The molecule has 0 atom stereocenters. The molecular weight excluding hydrogens is 309 g/mol. The number of aromatic carboxylic acids is 1. The van der Waals surface area contributed by atoms with E-state index in [4.69, 9.17) is 9.84 Å². The van der Waals surface area contributed by atoms with Gasteiger partial charge in [0.15, 0.2) is 0 Å². The number of carbonyl (C=O) groups is 1. The molecule has 17 heavy (non-hydrogen) atoms. The van der Waals surface area contributed by atoms with Crippen molar-refractivity contribution in [1.82, 2.24) is 0 Å². The van der Waals surface area contributed by atoms with Crippen molar-refractivity contribution in [3.63, 3.8) is 0 Å². The number of ether oxygens (including phenoxy) is 2. The number of benzene rings is 1. The molecular formula is C9H6BrF3O4. The van der Waals surface area contributed by atoms with Crippen molar-refractivity contribution in [3.05, 3.63) is 22.2 Å². The second-order valence-electron chi connectivity index (χ2n) is 2.84. The summed E-state index contributed by atoms with van der Waals surface area (Å²) >= 11 is 2.83. The normalized spacial score (nSPS) is 11.1. The summed E-state index contributed by atoms with van der Waals surface area (Å²) in [7, 11) is 1.21. The second kappa shape index (κ2) is 4.82. The summed E-state index contributed by atoms with van der Waals surface area (Å²) in [5.41, 5.74) is -0.421. The largest absolute Gasteiger partial charge is 0.573 e. The molecule has 8 heteroatoms. The van der Waals surface area contributed by atoms with Crippen LogP contribution < -0.4 is 9.47 Å². The van der Waals surface area contributed by atoms with Gasteiger partial charge in [0.2, 0.25) is 0 Å². The van der Waals surface area contributed by atoms with Crippen LogP contribution in [0.5, 0.6) is 11.5 Å². The molecule has 1 aromatic carbocycles. The summed E-state index contributed by atoms with van der Waals surface area (Å²) in [5, 5.41) is 8.78. The Balaban J connectivity index is 3.25. The van der Waals surface area contributed by atoms with E-state index in [-0.39, 0.29) is 10.2 Å².